The summed E-state index contributed by atoms with van der Waals surface area (Å²) in [5.74, 6) is -1.45. The summed E-state index contributed by atoms with van der Waals surface area (Å²) in [5, 5.41) is 2.06. The fourth-order valence-electron chi connectivity index (χ4n) is 5.42. The molecular formula is C26H27Cl2N3O4. The first-order valence-electron chi connectivity index (χ1n) is 12.0. The Morgan fingerprint density at radius 1 is 0.771 bits per heavy atom. The molecule has 0 radical (unpaired) electrons. The quantitative estimate of drug-likeness (QED) is 0.540. The Bertz CT molecular complexity index is 1030. The maximum atomic E-state index is 12.9. The molecule has 3 aliphatic rings. The van der Waals surface area contributed by atoms with Crippen molar-refractivity contribution in [2.24, 2.45) is 11.8 Å². The number of rotatable bonds is 4. The minimum Gasteiger partial charge on any atom is -0.311 e. The second kappa shape index (κ2) is 10.2. The number of hydroxylamine groups is 2. The largest absolute Gasteiger partial charge is 0.434 e. The molecule has 1 aliphatic carbocycles. The van der Waals surface area contributed by atoms with Crippen LogP contribution in [0.4, 0.5) is 4.79 Å². The van der Waals surface area contributed by atoms with E-state index in [1.165, 1.54) is 0 Å². The van der Waals surface area contributed by atoms with Crippen molar-refractivity contribution in [2.45, 2.75) is 31.7 Å². The number of halogens is 2. The van der Waals surface area contributed by atoms with Crippen LogP contribution in [-0.2, 0) is 14.4 Å². The summed E-state index contributed by atoms with van der Waals surface area (Å²) < 4.78 is 0. The zero-order valence-corrected chi connectivity index (χ0v) is 20.8. The van der Waals surface area contributed by atoms with E-state index in [0.717, 1.165) is 29.0 Å². The molecule has 184 valence electrons. The molecule has 0 spiro atoms. The molecule has 3 fully saturated rings. The normalized spacial score (nSPS) is 23.1. The number of carbonyl (C=O) groups excluding carboxylic acids is 3. The summed E-state index contributed by atoms with van der Waals surface area (Å²) in [6.45, 7) is 2.02. The number of fused-ring (bicyclic) bond motifs is 1. The highest BCUT2D eigenvalue weighted by atomic mass is 35.5. The summed E-state index contributed by atoms with van der Waals surface area (Å²) in [4.78, 5) is 47.3. The van der Waals surface area contributed by atoms with E-state index in [2.05, 4.69) is 4.90 Å². The van der Waals surface area contributed by atoms with Gasteiger partial charge in [-0.15, -0.1) is 5.06 Å². The van der Waals surface area contributed by atoms with Gasteiger partial charge in [0.05, 0.1) is 17.9 Å². The topological polar surface area (TPSA) is 70.2 Å². The van der Waals surface area contributed by atoms with Crippen molar-refractivity contribution in [3.8, 4) is 0 Å². The number of nitrogens with zero attached hydrogens (tertiary/aromatic N) is 3. The van der Waals surface area contributed by atoms with Gasteiger partial charge in [-0.25, -0.2) is 4.79 Å². The number of piperazine rings is 1. The molecule has 1 saturated carbocycles. The first-order valence-corrected chi connectivity index (χ1v) is 12.8. The highest BCUT2D eigenvalue weighted by Crippen LogP contribution is 2.38. The average Bonchev–Trinajstić information content (AvgIpc) is 3.12. The number of imide groups is 1. The molecule has 2 aromatic rings. The molecule has 2 heterocycles. The molecule has 0 bridgehead atoms. The van der Waals surface area contributed by atoms with Gasteiger partial charge in [-0.1, -0.05) is 60.3 Å². The lowest BCUT2D eigenvalue weighted by molar-refractivity contribution is -0.176. The van der Waals surface area contributed by atoms with E-state index in [1.807, 2.05) is 48.5 Å². The highest BCUT2D eigenvalue weighted by Gasteiger charge is 2.51. The maximum Gasteiger partial charge on any atom is 0.434 e. The lowest BCUT2D eigenvalue weighted by Crippen LogP contribution is -2.51. The van der Waals surface area contributed by atoms with Crippen molar-refractivity contribution in [1.82, 2.24) is 14.9 Å². The Morgan fingerprint density at radius 3 is 1.69 bits per heavy atom. The zero-order valence-electron chi connectivity index (χ0n) is 19.2. The monoisotopic (exact) mass is 515 g/mol. The van der Waals surface area contributed by atoms with E-state index in [-0.39, 0.29) is 29.7 Å². The van der Waals surface area contributed by atoms with Crippen LogP contribution >= 0.6 is 23.2 Å². The van der Waals surface area contributed by atoms with E-state index in [4.69, 9.17) is 28.0 Å². The van der Waals surface area contributed by atoms with Gasteiger partial charge in [-0.05, 0) is 48.2 Å². The maximum absolute atomic E-state index is 12.9. The van der Waals surface area contributed by atoms with E-state index >= 15 is 0 Å². The SMILES string of the molecule is O=C(ON1C(=O)C2CCCCC2C1=O)N1CCN(C(c2ccc(Cl)cc2)c2ccc(Cl)cc2)CC1. The number of amides is 3. The second-order valence-electron chi connectivity index (χ2n) is 9.35. The van der Waals surface area contributed by atoms with E-state index in [0.29, 0.717) is 49.1 Å². The summed E-state index contributed by atoms with van der Waals surface area (Å²) >= 11 is 12.2. The molecule has 2 atom stereocenters. The summed E-state index contributed by atoms with van der Waals surface area (Å²) in [6.07, 6.45) is 2.55. The number of hydrogen-bond donors (Lipinski definition) is 0. The molecule has 3 amide bonds. The number of hydrogen-bond acceptors (Lipinski definition) is 5. The third-order valence-electron chi connectivity index (χ3n) is 7.28. The smallest absolute Gasteiger partial charge is 0.311 e. The van der Waals surface area contributed by atoms with Gasteiger partial charge in [0.1, 0.15) is 0 Å². The molecule has 2 saturated heterocycles. The highest BCUT2D eigenvalue weighted by molar-refractivity contribution is 6.30. The van der Waals surface area contributed by atoms with Crippen molar-refractivity contribution < 1.29 is 19.2 Å². The molecule has 5 rings (SSSR count). The van der Waals surface area contributed by atoms with Crippen molar-refractivity contribution in [3.63, 3.8) is 0 Å². The predicted molar refractivity (Wildman–Crippen MR) is 132 cm³/mol. The molecule has 0 aromatic heterocycles. The van der Waals surface area contributed by atoms with Crippen LogP contribution in [0.15, 0.2) is 48.5 Å². The van der Waals surface area contributed by atoms with Crippen LogP contribution in [0.25, 0.3) is 0 Å². The van der Waals surface area contributed by atoms with Gasteiger partial charge in [-0.2, -0.15) is 0 Å². The Kier molecular flexibility index (Phi) is 7.00. The van der Waals surface area contributed by atoms with Gasteiger partial charge < -0.3 is 9.74 Å². The molecular weight excluding hydrogens is 489 g/mol. The molecule has 2 aliphatic heterocycles. The Balaban J connectivity index is 1.26. The van der Waals surface area contributed by atoms with Crippen LogP contribution in [0.5, 0.6) is 0 Å². The van der Waals surface area contributed by atoms with Crippen LogP contribution in [0.1, 0.15) is 42.9 Å². The summed E-state index contributed by atoms with van der Waals surface area (Å²) in [7, 11) is 0. The fraction of sp³-hybridized carbons (Fsp3) is 0.423. The summed E-state index contributed by atoms with van der Waals surface area (Å²) in [5.41, 5.74) is 2.17. The Hall–Kier alpha value is -2.61. The first-order chi connectivity index (χ1) is 16.9. The molecule has 2 unspecified atom stereocenters. The minimum absolute atomic E-state index is 0.0347. The van der Waals surface area contributed by atoms with Crippen LogP contribution in [0.3, 0.4) is 0 Å². The lowest BCUT2D eigenvalue weighted by atomic mass is 9.81. The van der Waals surface area contributed by atoms with Gasteiger partial charge in [0, 0.05) is 36.2 Å². The zero-order chi connectivity index (χ0) is 24.5. The van der Waals surface area contributed by atoms with Gasteiger partial charge in [0.15, 0.2) is 0 Å². The van der Waals surface area contributed by atoms with E-state index < -0.39 is 6.09 Å². The fourth-order valence-corrected chi connectivity index (χ4v) is 5.68. The Morgan fingerprint density at radius 2 is 1.23 bits per heavy atom. The van der Waals surface area contributed by atoms with Crippen LogP contribution in [0.2, 0.25) is 10.0 Å². The molecule has 9 heteroatoms. The number of carbonyl (C=O) groups is 3. The van der Waals surface area contributed by atoms with Crippen LogP contribution in [-0.4, -0.2) is 58.9 Å². The minimum atomic E-state index is -0.653. The lowest BCUT2D eigenvalue weighted by Gasteiger charge is -2.39. The average molecular weight is 516 g/mol. The molecule has 7 nitrogen and oxygen atoms in total. The second-order valence-corrected chi connectivity index (χ2v) is 10.2. The Labute approximate surface area is 214 Å². The van der Waals surface area contributed by atoms with Crippen molar-refractivity contribution in [2.75, 3.05) is 26.2 Å². The van der Waals surface area contributed by atoms with Gasteiger partial charge in [0.25, 0.3) is 11.8 Å². The van der Waals surface area contributed by atoms with Gasteiger partial charge >= 0.3 is 6.09 Å². The molecule has 0 N–H and O–H groups in total. The third-order valence-corrected chi connectivity index (χ3v) is 7.78. The third kappa shape index (κ3) is 4.90. The predicted octanol–water partition coefficient (Wildman–Crippen LogP) is 4.93. The van der Waals surface area contributed by atoms with Crippen LogP contribution in [0, 0.1) is 11.8 Å². The van der Waals surface area contributed by atoms with Gasteiger partial charge in [0.2, 0.25) is 0 Å². The van der Waals surface area contributed by atoms with Crippen molar-refractivity contribution >= 4 is 41.1 Å². The number of benzene rings is 2. The standard InChI is InChI=1S/C26H27Cl2N3O4/c27-19-9-5-17(6-10-19)23(18-7-11-20(28)12-8-18)29-13-15-30(16-14-29)26(34)35-31-24(32)21-3-1-2-4-22(21)25(31)33/h5-12,21-23H,1-4,13-16H2. The molecule has 2 aromatic carbocycles. The van der Waals surface area contributed by atoms with Crippen LogP contribution < -0.4 is 0 Å². The van der Waals surface area contributed by atoms with Gasteiger partial charge in [-0.3, -0.25) is 14.5 Å². The summed E-state index contributed by atoms with van der Waals surface area (Å²) in [6, 6.07) is 15.5. The van der Waals surface area contributed by atoms with Crippen molar-refractivity contribution in [1.29, 1.82) is 0 Å². The van der Waals surface area contributed by atoms with E-state index in [9.17, 15) is 14.4 Å². The van der Waals surface area contributed by atoms with Crippen molar-refractivity contribution in [3.05, 3.63) is 69.7 Å². The first kappa shape index (κ1) is 24.1. The molecule has 35 heavy (non-hydrogen) atoms. The van der Waals surface area contributed by atoms with E-state index in [1.54, 1.807) is 4.90 Å².